The fraction of sp³-hybridized carbons (Fsp3) is 0.833. The van der Waals surface area contributed by atoms with Crippen LogP contribution in [0.4, 0.5) is 0 Å². The molecular weight excluding hydrogens is 238 g/mol. The van der Waals surface area contributed by atoms with Gasteiger partial charge in [0.1, 0.15) is 0 Å². The summed E-state index contributed by atoms with van der Waals surface area (Å²) >= 11 is 0. The number of ether oxygens (including phenoxy) is 2. The maximum Gasteiger partial charge on any atom is 0.323 e. The van der Waals surface area contributed by atoms with Gasteiger partial charge in [0, 0.05) is 12.8 Å². The van der Waals surface area contributed by atoms with Crippen molar-refractivity contribution in [2.24, 2.45) is 10.6 Å². The number of hydrogen-bond donors (Lipinski definition) is 0. The molecule has 0 atom stereocenters. The minimum Gasteiger partial charge on any atom is -0.462 e. The van der Waals surface area contributed by atoms with Gasteiger partial charge in [-0.15, -0.1) is 0 Å². The Morgan fingerprint density at radius 3 is 1.72 bits per heavy atom. The van der Waals surface area contributed by atoms with Gasteiger partial charge in [0.15, 0.2) is 5.41 Å². The Kier molecular flexibility index (Phi) is 4.43. The quantitative estimate of drug-likeness (QED) is 0.426. The first kappa shape index (κ1) is 14.6. The zero-order valence-electron chi connectivity index (χ0n) is 11.1. The Bertz CT molecular complexity index is 320. The summed E-state index contributed by atoms with van der Waals surface area (Å²) in [5.74, 6) is -1.24. The summed E-state index contributed by atoms with van der Waals surface area (Å²) in [6, 6.07) is -0.510. The number of carbonyl (C=O) groups excluding carboxylic acids is 2. The fourth-order valence-corrected chi connectivity index (χ4v) is 1.89. The predicted molar refractivity (Wildman–Crippen MR) is 63.7 cm³/mol. The van der Waals surface area contributed by atoms with E-state index in [1.165, 1.54) is 0 Å². The Morgan fingerprint density at radius 1 is 1.06 bits per heavy atom. The van der Waals surface area contributed by atoms with Crippen LogP contribution in [0, 0.1) is 10.3 Å². The Labute approximate surface area is 106 Å². The maximum atomic E-state index is 12.0. The van der Waals surface area contributed by atoms with Crippen LogP contribution in [-0.4, -0.2) is 30.2 Å². The molecule has 6 nitrogen and oxygen atoms in total. The highest BCUT2D eigenvalue weighted by Crippen LogP contribution is 2.45. The van der Waals surface area contributed by atoms with Gasteiger partial charge >= 0.3 is 11.9 Å². The molecule has 1 saturated carbocycles. The fourth-order valence-electron chi connectivity index (χ4n) is 1.89. The molecule has 0 heterocycles. The van der Waals surface area contributed by atoms with E-state index in [9.17, 15) is 14.5 Å². The number of esters is 2. The van der Waals surface area contributed by atoms with E-state index in [1.54, 1.807) is 27.7 Å². The van der Waals surface area contributed by atoms with Gasteiger partial charge in [0.25, 0.3) is 0 Å². The van der Waals surface area contributed by atoms with Crippen LogP contribution >= 0.6 is 0 Å². The number of nitrogens with zero attached hydrogens (tertiary/aromatic N) is 1. The third kappa shape index (κ3) is 2.86. The molecule has 18 heavy (non-hydrogen) atoms. The van der Waals surface area contributed by atoms with E-state index in [-0.39, 0.29) is 25.0 Å². The SMILES string of the molecule is CC(C)OC(=O)C1(C(=O)OC(C)C)CC(N=O)C1. The summed E-state index contributed by atoms with van der Waals surface area (Å²) in [6.45, 7) is 6.81. The molecular formula is C12H19NO5. The van der Waals surface area contributed by atoms with Crippen molar-refractivity contribution < 1.29 is 19.1 Å². The van der Waals surface area contributed by atoms with Gasteiger partial charge in [-0.3, -0.25) is 9.59 Å². The molecule has 1 aliphatic carbocycles. The van der Waals surface area contributed by atoms with Crippen molar-refractivity contribution in [2.75, 3.05) is 0 Å². The van der Waals surface area contributed by atoms with E-state index in [1.807, 2.05) is 0 Å². The monoisotopic (exact) mass is 257 g/mol. The first-order chi connectivity index (χ1) is 8.31. The maximum absolute atomic E-state index is 12.0. The van der Waals surface area contributed by atoms with E-state index in [2.05, 4.69) is 5.18 Å². The standard InChI is InChI=1S/C12H19NO5/c1-7(2)17-10(14)12(5-9(6-12)13-16)11(15)18-8(3)4/h7-9H,5-6H2,1-4H3. The summed E-state index contributed by atoms with van der Waals surface area (Å²) in [6.07, 6.45) is -0.477. The van der Waals surface area contributed by atoms with Gasteiger partial charge in [0.2, 0.25) is 0 Å². The molecule has 0 radical (unpaired) electrons. The second-order valence-electron chi connectivity index (χ2n) is 5.16. The predicted octanol–water partition coefficient (Wildman–Crippen LogP) is 1.80. The first-order valence-electron chi connectivity index (χ1n) is 6.06. The van der Waals surface area contributed by atoms with Crippen LogP contribution in [0.25, 0.3) is 0 Å². The topological polar surface area (TPSA) is 82.0 Å². The highest BCUT2D eigenvalue weighted by atomic mass is 16.6. The molecule has 0 bridgehead atoms. The van der Waals surface area contributed by atoms with E-state index in [0.29, 0.717) is 0 Å². The number of carbonyl (C=O) groups is 2. The van der Waals surface area contributed by atoms with Crippen LogP contribution in [0.3, 0.4) is 0 Å². The lowest BCUT2D eigenvalue weighted by molar-refractivity contribution is -0.185. The smallest absolute Gasteiger partial charge is 0.323 e. The summed E-state index contributed by atoms with van der Waals surface area (Å²) in [5, 5.41) is 2.85. The lowest BCUT2D eigenvalue weighted by Crippen LogP contribution is -2.54. The minimum atomic E-state index is -1.34. The Hall–Kier alpha value is -1.46. The minimum absolute atomic E-state index is 0.0770. The zero-order valence-corrected chi connectivity index (χ0v) is 11.1. The number of rotatable bonds is 5. The second kappa shape index (κ2) is 5.46. The second-order valence-corrected chi connectivity index (χ2v) is 5.16. The molecule has 6 heteroatoms. The van der Waals surface area contributed by atoms with Crippen molar-refractivity contribution in [2.45, 2.75) is 58.8 Å². The molecule has 1 aliphatic rings. The molecule has 1 fully saturated rings. The van der Waals surface area contributed by atoms with Crippen molar-refractivity contribution in [3.63, 3.8) is 0 Å². The summed E-state index contributed by atoms with van der Waals surface area (Å²) in [4.78, 5) is 34.4. The average molecular weight is 257 g/mol. The van der Waals surface area contributed by atoms with Gasteiger partial charge in [-0.25, -0.2) is 0 Å². The molecule has 0 spiro atoms. The van der Waals surface area contributed by atoms with Crippen molar-refractivity contribution >= 4 is 11.9 Å². The van der Waals surface area contributed by atoms with Crippen LogP contribution in [-0.2, 0) is 19.1 Å². The molecule has 0 N–H and O–H groups in total. The van der Waals surface area contributed by atoms with Crippen LogP contribution in [0.15, 0.2) is 5.18 Å². The Morgan fingerprint density at radius 2 is 1.44 bits per heavy atom. The lowest BCUT2D eigenvalue weighted by atomic mass is 9.65. The van der Waals surface area contributed by atoms with E-state index >= 15 is 0 Å². The van der Waals surface area contributed by atoms with Gasteiger partial charge in [0.05, 0.1) is 18.2 Å². The van der Waals surface area contributed by atoms with Crippen LogP contribution < -0.4 is 0 Å². The normalized spacial score (nSPS) is 18.3. The van der Waals surface area contributed by atoms with E-state index < -0.39 is 23.4 Å². The Balaban J connectivity index is 2.81. The lowest BCUT2D eigenvalue weighted by Gasteiger charge is -2.40. The van der Waals surface area contributed by atoms with Crippen molar-refractivity contribution in [1.82, 2.24) is 0 Å². The van der Waals surface area contributed by atoms with Crippen LogP contribution in [0.2, 0.25) is 0 Å². The molecule has 0 aromatic rings. The molecule has 0 saturated heterocycles. The summed E-state index contributed by atoms with van der Waals surface area (Å²) in [7, 11) is 0. The van der Waals surface area contributed by atoms with Gasteiger partial charge in [-0.1, -0.05) is 5.18 Å². The largest absolute Gasteiger partial charge is 0.462 e. The third-order valence-corrected chi connectivity index (χ3v) is 2.78. The summed E-state index contributed by atoms with van der Waals surface area (Å²) < 4.78 is 10.1. The van der Waals surface area contributed by atoms with Gasteiger partial charge in [-0.2, -0.15) is 4.91 Å². The van der Waals surface area contributed by atoms with Gasteiger partial charge in [-0.05, 0) is 27.7 Å². The first-order valence-corrected chi connectivity index (χ1v) is 6.06. The van der Waals surface area contributed by atoms with Crippen LogP contribution in [0.5, 0.6) is 0 Å². The molecule has 0 amide bonds. The molecule has 1 rings (SSSR count). The van der Waals surface area contributed by atoms with Gasteiger partial charge < -0.3 is 9.47 Å². The summed E-state index contributed by atoms with van der Waals surface area (Å²) in [5.41, 5.74) is -1.34. The average Bonchev–Trinajstić information content (AvgIpc) is 2.13. The van der Waals surface area contributed by atoms with Crippen LogP contribution in [0.1, 0.15) is 40.5 Å². The van der Waals surface area contributed by atoms with E-state index in [0.717, 1.165) is 0 Å². The highest BCUT2D eigenvalue weighted by Gasteiger charge is 2.59. The zero-order chi connectivity index (χ0) is 13.9. The van der Waals surface area contributed by atoms with Crippen molar-refractivity contribution in [3.8, 4) is 0 Å². The van der Waals surface area contributed by atoms with Crippen molar-refractivity contribution in [3.05, 3.63) is 4.91 Å². The van der Waals surface area contributed by atoms with Crippen molar-refractivity contribution in [1.29, 1.82) is 0 Å². The molecule has 0 unspecified atom stereocenters. The molecule has 0 aliphatic heterocycles. The third-order valence-electron chi connectivity index (χ3n) is 2.78. The molecule has 0 aromatic carbocycles. The highest BCUT2D eigenvalue weighted by molar-refractivity contribution is 6.01. The number of nitroso groups, excluding NO2 is 1. The number of hydrogen-bond acceptors (Lipinski definition) is 6. The molecule has 102 valence electrons. The molecule has 0 aromatic heterocycles. The van der Waals surface area contributed by atoms with E-state index in [4.69, 9.17) is 9.47 Å².